The van der Waals surface area contributed by atoms with E-state index in [-0.39, 0.29) is 12.8 Å². The highest BCUT2D eigenvalue weighted by Crippen LogP contribution is 2.43. The number of unbranched alkanes of at least 4 members (excludes halogenated alkanes) is 9. The largest absolute Gasteiger partial charge is 0.480 e. The van der Waals surface area contributed by atoms with Crippen LogP contribution in [0.2, 0.25) is 0 Å². The zero-order valence-corrected chi connectivity index (χ0v) is 31.3. The summed E-state index contributed by atoms with van der Waals surface area (Å²) in [5.74, 6) is -2.44. The first kappa shape index (κ1) is 47.2. The molecule has 0 aromatic heterocycles. The van der Waals surface area contributed by atoms with Crippen molar-refractivity contribution in [1.29, 1.82) is 0 Å². The standard InChI is InChI=1S/C38H64NO10P/c1-3-5-7-9-11-13-15-17-19-21-23-25-27-29-36(41)39-35(38(43)44)33-49-50(45,46)48-32-34(40)31-47-37(42)30-28-26-24-22-20-18-16-14-12-10-8-6-4-2/h6-9,12-15,18,20,34-35,40H,3-5,10-11,16-17,19,21-33H2,1-2H3,(H,39,41)(H,43,44)(H,45,46)/b8-6-,9-7-,14-12-,15-13-,20-18-. The van der Waals surface area contributed by atoms with Crippen LogP contribution in [0.5, 0.6) is 0 Å². The number of aliphatic hydroxyl groups is 1. The normalized spacial score (nSPS) is 14.6. The molecule has 0 aliphatic carbocycles. The minimum Gasteiger partial charge on any atom is -0.480 e. The van der Waals surface area contributed by atoms with Gasteiger partial charge in [-0.2, -0.15) is 0 Å². The van der Waals surface area contributed by atoms with E-state index in [4.69, 9.17) is 13.8 Å². The lowest BCUT2D eigenvalue weighted by atomic mass is 10.1. The topological polar surface area (TPSA) is 169 Å². The lowest BCUT2D eigenvalue weighted by Crippen LogP contribution is -2.43. The Morgan fingerprint density at radius 2 is 1.16 bits per heavy atom. The van der Waals surface area contributed by atoms with Crippen molar-refractivity contribution in [2.45, 2.75) is 142 Å². The third-order valence-electron chi connectivity index (χ3n) is 7.27. The number of carbonyl (C=O) groups excluding carboxylic acids is 2. The van der Waals surface area contributed by atoms with Gasteiger partial charge in [0, 0.05) is 12.8 Å². The van der Waals surface area contributed by atoms with Gasteiger partial charge in [-0.15, -0.1) is 0 Å². The number of ether oxygens (including phenoxy) is 1. The molecule has 0 saturated heterocycles. The van der Waals surface area contributed by atoms with Crippen molar-refractivity contribution in [2.24, 2.45) is 0 Å². The quantitative estimate of drug-likeness (QED) is 0.0223. The van der Waals surface area contributed by atoms with Gasteiger partial charge in [-0.3, -0.25) is 18.6 Å². The average molecular weight is 726 g/mol. The van der Waals surface area contributed by atoms with Crippen molar-refractivity contribution in [2.75, 3.05) is 19.8 Å². The van der Waals surface area contributed by atoms with Gasteiger partial charge in [0.25, 0.3) is 0 Å². The molecular weight excluding hydrogens is 661 g/mol. The second-order valence-corrected chi connectivity index (χ2v) is 13.5. The highest BCUT2D eigenvalue weighted by atomic mass is 31.2. The maximum atomic E-state index is 12.2. The monoisotopic (exact) mass is 725 g/mol. The van der Waals surface area contributed by atoms with Crippen LogP contribution in [-0.4, -0.2) is 64.9 Å². The number of phosphoric ester groups is 1. The Morgan fingerprint density at radius 3 is 1.76 bits per heavy atom. The van der Waals surface area contributed by atoms with Gasteiger partial charge in [-0.1, -0.05) is 107 Å². The Bertz CT molecular complexity index is 1090. The van der Waals surface area contributed by atoms with E-state index in [1.54, 1.807) is 0 Å². The van der Waals surface area contributed by atoms with Gasteiger partial charge in [0.05, 0.1) is 13.2 Å². The number of rotatable bonds is 33. The number of phosphoric acid groups is 1. The summed E-state index contributed by atoms with van der Waals surface area (Å²) < 4.78 is 26.6. The maximum Gasteiger partial charge on any atom is 0.472 e. The van der Waals surface area contributed by atoms with Crippen LogP contribution in [-0.2, 0) is 32.7 Å². The Morgan fingerprint density at radius 1 is 0.660 bits per heavy atom. The van der Waals surface area contributed by atoms with Crippen LogP contribution < -0.4 is 5.32 Å². The average Bonchev–Trinajstić information content (AvgIpc) is 3.08. The fourth-order valence-electron chi connectivity index (χ4n) is 4.42. The molecule has 3 unspecified atom stereocenters. The molecule has 0 aromatic carbocycles. The molecule has 11 nitrogen and oxygen atoms in total. The molecule has 0 radical (unpaired) electrons. The number of carbonyl (C=O) groups is 3. The Hall–Kier alpha value is -2.82. The van der Waals surface area contributed by atoms with Crippen LogP contribution in [0.25, 0.3) is 0 Å². The first-order valence-corrected chi connectivity index (χ1v) is 19.8. The molecule has 1 amide bonds. The van der Waals surface area contributed by atoms with Gasteiger partial charge in [0.1, 0.15) is 12.7 Å². The minimum atomic E-state index is -4.76. The van der Waals surface area contributed by atoms with Gasteiger partial charge < -0.3 is 25.2 Å². The predicted molar refractivity (Wildman–Crippen MR) is 198 cm³/mol. The zero-order chi connectivity index (χ0) is 37.1. The highest BCUT2D eigenvalue weighted by molar-refractivity contribution is 7.47. The lowest BCUT2D eigenvalue weighted by Gasteiger charge is -2.18. The Balaban J connectivity index is 4.05. The number of aliphatic hydroxyl groups excluding tert-OH is 1. The first-order chi connectivity index (χ1) is 24.1. The van der Waals surface area contributed by atoms with E-state index in [9.17, 15) is 34.1 Å². The number of carboxylic acids is 1. The molecule has 12 heteroatoms. The molecular formula is C38H64NO10P. The maximum absolute atomic E-state index is 12.2. The highest BCUT2D eigenvalue weighted by Gasteiger charge is 2.28. The van der Waals surface area contributed by atoms with Crippen molar-refractivity contribution < 1.29 is 47.8 Å². The summed E-state index contributed by atoms with van der Waals surface area (Å²) in [6.45, 7) is 2.32. The number of aliphatic carboxylic acids is 1. The summed E-state index contributed by atoms with van der Waals surface area (Å²) in [6.07, 6.45) is 35.5. The van der Waals surface area contributed by atoms with Crippen LogP contribution in [0.15, 0.2) is 60.8 Å². The van der Waals surface area contributed by atoms with Crippen molar-refractivity contribution >= 4 is 25.7 Å². The molecule has 0 aliphatic heterocycles. The van der Waals surface area contributed by atoms with Crippen LogP contribution in [0.3, 0.4) is 0 Å². The molecule has 0 heterocycles. The fraction of sp³-hybridized carbons (Fsp3) is 0.658. The summed E-state index contributed by atoms with van der Waals surface area (Å²) in [6, 6.07) is -1.56. The Kier molecular flexibility index (Phi) is 31.5. The first-order valence-electron chi connectivity index (χ1n) is 18.3. The number of esters is 1. The van der Waals surface area contributed by atoms with Crippen LogP contribution >= 0.6 is 7.82 Å². The molecule has 286 valence electrons. The second kappa shape index (κ2) is 33.3. The SMILES string of the molecule is CC/C=C\C/C=C\C/C=C\CCCCCC(=O)OCC(O)COP(=O)(O)OCC(NC(=O)CCCCCCC/C=C\C/C=C\CCC)C(=O)O. The summed E-state index contributed by atoms with van der Waals surface area (Å²) in [7, 11) is -4.76. The molecule has 0 spiro atoms. The minimum absolute atomic E-state index is 0.124. The Labute approximate surface area is 300 Å². The van der Waals surface area contributed by atoms with Crippen molar-refractivity contribution in [3.63, 3.8) is 0 Å². The molecule has 0 rings (SSSR count). The van der Waals surface area contributed by atoms with Gasteiger partial charge in [-0.05, 0) is 70.6 Å². The second-order valence-electron chi connectivity index (χ2n) is 12.0. The van der Waals surface area contributed by atoms with E-state index in [1.165, 1.54) is 0 Å². The van der Waals surface area contributed by atoms with E-state index in [2.05, 4.69) is 79.9 Å². The van der Waals surface area contributed by atoms with E-state index in [0.717, 1.165) is 89.9 Å². The molecule has 0 bridgehead atoms. The summed E-state index contributed by atoms with van der Waals surface area (Å²) >= 11 is 0. The van der Waals surface area contributed by atoms with Gasteiger partial charge in [-0.25, -0.2) is 9.36 Å². The fourth-order valence-corrected chi connectivity index (χ4v) is 5.20. The molecule has 3 atom stereocenters. The number of hydrogen-bond acceptors (Lipinski definition) is 8. The molecule has 4 N–H and O–H groups in total. The molecule has 0 aliphatic rings. The summed E-state index contributed by atoms with van der Waals surface area (Å²) in [5.41, 5.74) is 0. The molecule has 0 aromatic rings. The zero-order valence-electron chi connectivity index (χ0n) is 30.4. The number of carboxylic acid groups (broad SMARTS) is 1. The molecule has 0 fully saturated rings. The van der Waals surface area contributed by atoms with Crippen molar-refractivity contribution in [1.82, 2.24) is 5.32 Å². The van der Waals surface area contributed by atoms with Crippen molar-refractivity contribution in [3.8, 4) is 0 Å². The van der Waals surface area contributed by atoms with Gasteiger partial charge >= 0.3 is 19.8 Å². The number of hydrogen-bond donors (Lipinski definition) is 4. The number of amides is 1. The van der Waals surface area contributed by atoms with Gasteiger partial charge in [0.2, 0.25) is 5.91 Å². The summed E-state index contributed by atoms with van der Waals surface area (Å²) in [4.78, 5) is 45.6. The van der Waals surface area contributed by atoms with E-state index >= 15 is 0 Å². The van der Waals surface area contributed by atoms with E-state index in [1.807, 2.05) is 0 Å². The van der Waals surface area contributed by atoms with Crippen LogP contribution in [0, 0.1) is 0 Å². The smallest absolute Gasteiger partial charge is 0.472 e. The van der Waals surface area contributed by atoms with E-state index in [0.29, 0.717) is 12.8 Å². The van der Waals surface area contributed by atoms with Crippen molar-refractivity contribution in [3.05, 3.63) is 60.8 Å². The van der Waals surface area contributed by atoms with Gasteiger partial charge in [0.15, 0.2) is 6.04 Å². The van der Waals surface area contributed by atoms with Crippen LogP contribution in [0.4, 0.5) is 0 Å². The number of nitrogens with one attached hydrogen (secondary N) is 1. The summed E-state index contributed by atoms with van der Waals surface area (Å²) in [5, 5.41) is 21.7. The third-order valence-corrected chi connectivity index (χ3v) is 8.22. The predicted octanol–water partition coefficient (Wildman–Crippen LogP) is 8.44. The lowest BCUT2D eigenvalue weighted by molar-refractivity contribution is -0.147. The number of allylic oxidation sites excluding steroid dienone is 10. The van der Waals surface area contributed by atoms with Crippen LogP contribution in [0.1, 0.15) is 129 Å². The molecule has 0 saturated carbocycles. The third kappa shape index (κ3) is 32.4. The van der Waals surface area contributed by atoms with E-state index < -0.39 is 57.6 Å². The molecule has 50 heavy (non-hydrogen) atoms.